The molecule has 7 heteroatoms. The first kappa shape index (κ1) is 19.3. The van der Waals surface area contributed by atoms with E-state index >= 15 is 0 Å². The molecule has 0 saturated carbocycles. The van der Waals surface area contributed by atoms with Gasteiger partial charge in [0.2, 0.25) is 5.91 Å². The van der Waals surface area contributed by atoms with Crippen LogP contribution in [0.5, 0.6) is 0 Å². The van der Waals surface area contributed by atoms with Crippen LogP contribution in [-0.4, -0.2) is 27.2 Å². The fourth-order valence-electron chi connectivity index (χ4n) is 3.39. The molecule has 0 aliphatic heterocycles. The Kier molecular flexibility index (Phi) is 5.26. The molecule has 6 nitrogen and oxygen atoms in total. The van der Waals surface area contributed by atoms with Crippen LogP contribution < -0.4 is 5.32 Å². The number of carboxylic acids is 1. The molecule has 0 spiro atoms. The number of H-pyrrole nitrogens is 1. The highest BCUT2D eigenvalue weighted by atomic mass is 19.1. The summed E-state index contributed by atoms with van der Waals surface area (Å²) >= 11 is 0. The number of benzene rings is 3. The molecular formula is C23H18FN3O3. The molecule has 3 N–H and O–H groups in total. The smallest absolute Gasteiger partial charge is 0.304 e. The zero-order chi connectivity index (χ0) is 21.1. The molecule has 1 amide bonds. The molecule has 0 radical (unpaired) electrons. The zero-order valence-corrected chi connectivity index (χ0v) is 15.8. The third-order valence-corrected chi connectivity index (χ3v) is 4.86. The summed E-state index contributed by atoms with van der Waals surface area (Å²) in [5, 5.41) is 19.7. The van der Waals surface area contributed by atoms with Crippen molar-refractivity contribution in [3.63, 3.8) is 0 Å². The van der Waals surface area contributed by atoms with E-state index in [2.05, 4.69) is 15.5 Å². The Bertz CT molecular complexity index is 1220. The first-order valence-corrected chi connectivity index (χ1v) is 9.33. The fraction of sp³-hybridized carbons (Fsp3) is 0.0870. The summed E-state index contributed by atoms with van der Waals surface area (Å²) in [7, 11) is 0. The molecule has 0 aliphatic rings. The van der Waals surface area contributed by atoms with Gasteiger partial charge in [0.1, 0.15) is 5.82 Å². The molecule has 4 aromatic rings. The molecular weight excluding hydrogens is 385 g/mol. The average molecular weight is 403 g/mol. The van der Waals surface area contributed by atoms with Crippen molar-refractivity contribution in [2.45, 2.75) is 12.3 Å². The molecule has 3 aromatic carbocycles. The van der Waals surface area contributed by atoms with Crippen molar-refractivity contribution in [1.82, 2.24) is 10.2 Å². The number of aromatic amines is 1. The molecule has 1 atom stereocenters. The maximum atomic E-state index is 13.5. The molecule has 150 valence electrons. The van der Waals surface area contributed by atoms with Crippen molar-refractivity contribution in [3.8, 4) is 11.1 Å². The number of carboxylic acid groups (broad SMARTS) is 1. The van der Waals surface area contributed by atoms with Gasteiger partial charge >= 0.3 is 5.97 Å². The third kappa shape index (κ3) is 4.05. The number of hydrogen-bond donors (Lipinski definition) is 3. The molecule has 1 heterocycles. The van der Waals surface area contributed by atoms with Crippen molar-refractivity contribution in [2.75, 3.05) is 5.32 Å². The first-order valence-electron chi connectivity index (χ1n) is 9.33. The standard InChI is InChI=1S/C23H18FN3O3/c24-17-8-4-7-15(11-17)16-9-10-18-20(12-16)26-27-22(18)25-23(30)19(13-21(28)29)14-5-2-1-3-6-14/h1-12,19H,13H2,(H,28,29)(H2,25,26,27,30). The lowest BCUT2D eigenvalue weighted by Crippen LogP contribution is -2.23. The Morgan fingerprint density at radius 2 is 1.77 bits per heavy atom. The van der Waals surface area contributed by atoms with Crippen LogP contribution in [0, 0.1) is 5.82 Å². The summed E-state index contributed by atoms with van der Waals surface area (Å²) in [5.41, 5.74) is 2.81. The maximum absolute atomic E-state index is 13.5. The molecule has 1 aromatic heterocycles. The Labute approximate surface area is 171 Å². The lowest BCUT2D eigenvalue weighted by molar-refractivity contribution is -0.139. The number of carbonyl (C=O) groups excluding carboxylic acids is 1. The third-order valence-electron chi connectivity index (χ3n) is 4.86. The zero-order valence-electron chi connectivity index (χ0n) is 15.8. The minimum Gasteiger partial charge on any atom is -0.481 e. The van der Waals surface area contributed by atoms with Gasteiger partial charge in [-0.1, -0.05) is 48.5 Å². The fourth-order valence-corrected chi connectivity index (χ4v) is 3.39. The van der Waals surface area contributed by atoms with E-state index in [9.17, 15) is 19.1 Å². The first-order chi connectivity index (χ1) is 14.5. The Hall–Kier alpha value is -4.00. The Balaban J connectivity index is 1.61. The average Bonchev–Trinajstić information content (AvgIpc) is 3.14. The van der Waals surface area contributed by atoms with Gasteiger partial charge in [0.25, 0.3) is 0 Å². The minimum atomic E-state index is -1.06. The maximum Gasteiger partial charge on any atom is 0.304 e. The van der Waals surface area contributed by atoms with Crippen LogP contribution in [0.25, 0.3) is 22.0 Å². The van der Waals surface area contributed by atoms with Crippen molar-refractivity contribution >= 4 is 28.6 Å². The van der Waals surface area contributed by atoms with Crippen LogP contribution in [0.1, 0.15) is 17.9 Å². The summed E-state index contributed by atoms with van der Waals surface area (Å²) in [6.07, 6.45) is -0.331. The number of carbonyl (C=O) groups is 2. The van der Waals surface area contributed by atoms with Crippen LogP contribution in [0.15, 0.2) is 72.8 Å². The monoisotopic (exact) mass is 403 g/mol. The van der Waals surface area contributed by atoms with Crippen LogP contribution in [0.4, 0.5) is 10.2 Å². The SMILES string of the molecule is O=C(O)CC(C(=O)Nc1n[nH]c2cc(-c3cccc(F)c3)ccc12)c1ccccc1. The normalized spacial score (nSPS) is 11.9. The lowest BCUT2D eigenvalue weighted by Gasteiger charge is -2.14. The summed E-state index contributed by atoms with van der Waals surface area (Å²) in [5.74, 6) is -2.37. The molecule has 1 unspecified atom stereocenters. The summed E-state index contributed by atoms with van der Waals surface area (Å²) in [4.78, 5) is 24.1. The number of fused-ring (bicyclic) bond motifs is 1. The van der Waals surface area contributed by atoms with E-state index in [1.165, 1.54) is 12.1 Å². The second-order valence-electron chi connectivity index (χ2n) is 6.89. The van der Waals surface area contributed by atoms with Crippen LogP contribution in [0.3, 0.4) is 0 Å². The van der Waals surface area contributed by atoms with E-state index in [1.54, 1.807) is 48.5 Å². The van der Waals surface area contributed by atoms with Crippen LogP contribution in [-0.2, 0) is 9.59 Å². The van der Waals surface area contributed by atoms with Gasteiger partial charge in [-0.05, 0) is 41.0 Å². The number of aromatic nitrogens is 2. The van der Waals surface area contributed by atoms with Crippen molar-refractivity contribution in [2.24, 2.45) is 0 Å². The Morgan fingerprint density at radius 3 is 2.50 bits per heavy atom. The number of aliphatic carboxylic acids is 1. The topological polar surface area (TPSA) is 95.1 Å². The number of rotatable bonds is 6. The number of amides is 1. The van der Waals surface area contributed by atoms with E-state index in [0.717, 1.165) is 11.1 Å². The summed E-state index contributed by atoms with van der Waals surface area (Å²) in [6, 6.07) is 20.4. The number of anilines is 1. The number of hydrogen-bond acceptors (Lipinski definition) is 3. The highest BCUT2D eigenvalue weighted by molar-refractivity contribution is 6.03. The van der Waals surface area contributed by atoms with Gasteiger partial charge in [0, 0.05) is 5.39 Å². The van der Waals surface area contributed by atoms with Crippen molar-refractivity contribution in [3.05, 3.63) is 84.2 Å². The largest absolute Gasteiger partial charge is 0.481 e. The van der Waals surface area contributed by atoms with Gasteiger partial charge in [0.15, 0.2) is 5.82 Å². The van der Waals surface area contributed by atoms with E-state index < -0.39 is 17.8 Å². The molecule has 0 aliphatic carbocycles. The summed E-state index contributed by atoms with van der Waals surface area (Å²) in [6.45, 7) is 0. The number of halogens is 1. The minimum absolute atomic E-state index is 0.312. The quantitative estimate of drug-likeness (QED) is 0.440. The predicted molar refractivity (Wildman–Crippen MR) is 112 cm³/mol. The number of nitrogens with zero attached hydrogens (tertiary/aromatic N) is 1. The van der Waals surface area contributed by atoms with Crippen LogP contribution in [0.2, 0.25) is 0 Å². The molecule has 30 heavy (non-hydrogen) atoms. The van der Waals surface area contributed by atoms with Gasteiger partial charge in [-0.25, -0.2) is 4.39 Å². The molecule has 0 bridgehead atoms. The predicted octanol–water partition coefficient (Wildman–Crippen LogP) is 4.57. The van der Waals surface area contributed by atoms with E-state index in [0.29, 0.717) is 22.3 Å². The highest BCUT2D eigenvalue weighted by Gasteiger charge is 2.25. The second kappa shape index (κ2) is 8.16. The van der Waals surface area contributed by atoms with Crippen molar-refractivity contribution in [1.29, 1.82) is 0 Å². The Morgan fingerprint density at radius 1 is 1.00 bits per heavy atom. The van der Waals surface area contributed by atoms with E-state index in [-0.39, 0.29) is 12.2 Å². The van der Waals surface area contributed by atoms with E-state index in [1.807, 2.05) is 12.1 Å². The highest BCUT2D eigenvalue weighted by Crippen LogP contribution is 2.29. The molecule has 0 saturated heterocycles. The lowest BCUT2D eigenvalue weighted by atomic mass is 9.95. The van der Waals surface area contributed by atoms with Gasteiger partial charge in [-0.2, -0.15) is 5.10 Å². The van der Waals surface area contributed by atoms with Gasteiger partial charge in [0.05, 0.1) is 17.9 Å². The second-order valence-corrected chi connectivity index (χ2v) is 6.89. The van der Waals surface area contributed by atoms with E-state index in [4.69, 9.17) is 0 Å². The summed E-state index contributed by atoms with van der Waals surface area (Å²) < 4.78 is 13.5. The molecule has 0 fully saturated rings. The van der Waals surface area contributed by atoms with Crippen LogP contribution >= 0.6 is 0 Å². The van der Waals surface area contributed by atoms with Gasteiger partial charge in [-0.15, -0.1) is 0 Å². The van der Waals surface area contributed by atoms with Crippen molar-refractivity contribution < 1.29 is 19.1 Å². The van der Waals surface area contributed by atoms with Gasteiger partial charge < -0.3 is 10.4 Å². The number of nitrogens with one attached hydrogen (secondary N) is 2. The molecule has 4 rings (SSSR count). The van der Waals surface area contributed by atoms with Gasteiger partial charge in [-0.3, -0.25) is 14.7 Å².